The summed E-state index contributed by atoms with van der Waals surface area (Å²) in [5.74, 6) is 0.398. The number of rotatable bonds is 3. The van der Waals surface area contributed by atoms with Gasteiger partial charge in [-0.05, 0) is 30.7 Å². The molecule has 11 heteroatoms. The molecular weight excluding hydrogens is 462 g/mol. The van der Waals surface area contributed by atoms with Crippen LogP contribution in [0.5, 0.6) is 0 Å². The number of hydrogen-bond donors (Lipinski definition) is 0. The molecule has 3 aliphatic heterocycles. The minimum atomic E-state index is -0.678. The fourth-order valence-electron chi connectivity index (χ4n) is 5.23. The van der Waals surface area contributed by atoms with Crippen LogP contribution < -0.4 is 9.80 Å². The van der Waals surface area contributed by atoms with Gasteiger partial charge in [0.15, 0.2) is 17.5 Å². The molecular formula is C23H21ClF2N8. The van der Waals surface area contributed by atoms with Crippen molar-refractivity contribution in [2.45, 2.75) is 26.1 Å². The molecule has 5 heterocycles. The molecule has 2 aromatic heterocycles. The first-order valence-corrected chi connectivity index (χ1v) is 11.4. The van der Waals surface area contributed by atoms with Crippen molar-refractivity contribution in [3.8, 4) is 11.8 Å². The number of halogens is 3. The third kappa shape index (κ3) is 3.30. The molecule has 0 bridgehead atoms. The summed E-state index contributed by atoms with van der Waals surface area (Å²) in [5.41, 5.74) is 1.99. The van der Waals surface area contributed by atoms with E-state index in [1.165, 1.54) is 0 Å². The summed E-state index contributed by atoms with van der Waals surface area (Å²) in [7, 11) is 0. The van der Waals surface area contributed by atoms with Gasteiger partial charge in [0.1, 0.15) is 5.82 Å². The van der Waals surface area contributed by atoms with Crippen LogP contribution in [-0.4, -0.2) is 56.9 Å². The zero-order valence-electron chi connectivity index (χ0n) is 18.4. The third-order valence-corrected chi connectivity index (χ3v) is 7.16. The second-order valence-corrected chi connectivity index (χ2v) is 9.84. The number of fused-ring (bicyclic) bond motifs is 3. The van der Waals surface area contributed by atoms with E-state index in [1.807, 2.05) is 30.0 Å². The maximum absolute atomic E-state index is 14.1. The van der Waals surface area contributed by atoms with Crippen molar-refractivity contribution in [1.29, 1.82) is 5.26 Å². The highest BCUT2D eigenvalue weighted by Crippen LogP contribution is 2.44. The molecule has 8 nitrogen and oxygen atoms in total. The summed E-state index contributed by atoms with van der Waals surface area (Å²) >= 11 is 6.29. The SMILES string of the molecule is CC(C#N)N1Cc2cc(Cl)ccc2-n2c(nnc2N2CC3(CN(c4ncc(F)cc4F)C3)C2)C1. The van der Waals surface area contributed by atoms with Crippen molar-refractivity contribution in [3.05, 3.63) is 58.5 Å². The van der Waals surface area contributed by atoms with E-state index in [-0.39, 0.29) is 17.3 Å². The summed E-state index contributed by atoms with van der Waals surface area (Å²) in [6, 6.07) is 8.64. The summed E-state index contributed by atoms with van der Waals surface area (Å²) in [6.07, 6.45) is 1.04. The zero-order valence-corrected chi connectivity index (χ0v) is 19.2. The van der Waals surface area contributed by atoms with E-state index in [0.717, 1.165) is 48.4 Å². The lowest BCUT2D eigenvalue weighted by Gasteiger charge is -2.60. The molecule has 34 heavy (non-hydrogen) atoms. The van der Waals surface area contributed by atoms with Gasteiger partial charge in [0.25, 0.3) is 0 Å². The van der Waals surface area contributed by atoms with Crippen molar-refractivity contribution < 1.29 is 8.78 Å². The van der Waals surface area contributed by atoms with Gasteiger partial charge >= 0.3 is 0 Å². The highest BCUT2D eigenvalue weighted by molar-refractivity contribution is 6.30. The third-order valence-electron chi connectivity index (χ3n) is 6.92. The predicted molar refractivity (Wildman–Crippen MR) is 122 cm³/mol. The van der Waals surface area contributed by atoms with Crippen LogP contribution >= 0.6 is 11.6 Å². The van der Waals surface area contributed by atoms with Crippen LogP contribution in [0.25, 0.3) is 5.69 Å². The summed E-state index contributed by atoms with van der Waals surface area (Å²) in [5, 5.41) is 19.1. The maximum Gasteiger partial charge on any atom is 0.231 e. The fraction of sp³-hybridized carbons (Fsp3) is 0.391. The topological polar surface area (TPSA) is 77.1 Å². The van der Waals surface area contributed by atoms with Crippen LogP contribution in [0.15, 0.2) is 30.5 Å². The molecule has 0 N–H and O–H groups in total. The van der Waals surface area contributed by atoms with Gasteiger partial charge in [0.2, 0.25) is 5.95 Å². The van der Waals surface area contributed by atoms with Crippen LogP contribution in [0, 0.1) is 28.4 Å². The number of nitriles is 1. The van der Waals surface area contributed by atoms with E-state index in [0.29, 0.717) is 31.2 Å². The normalized spacial score (nSPS) is 19.5. The Morgan fingerprint density at radius 2 is 1.85 bits per heavy atom. The second kappa shape index (κ2) is 7.61. The van der Waals surface area contributed by atoms with Crippen LogP contribution in [0.4, 0.5) is 20.5 Å². The number of nitrogens with zero attached hydrogens (tertiary/aromatic N) is 8. The van der Waals surface area contributed by atoms with Gasteiger partial charge in [0.05, 0.1) is 30.5 Å². The van der Waals surface area contributed by atoms with Gasteiger partial charge in [0, 0.05) is 49.2 Å². The summed E-state index contributed by atoms with van der Waals surface area (Å²) in [6.45, 7) is 5.77. The molecule has 1 atom stereocenters. The first kappa shape index (κ1) is 21.3. The van der Waals surface area contributed by atoms with E-state index in [1.54, 1.807) is 0 Å². The van der Waals surface area contributed by atoms with Gasteiger partial charge in [-0.1, -0.05) is 11.6 Å². The van der Waals surface area contributed by atoms with Crippen molar-refractivity contribution in [3.63, 3.8) is 0 Å². The molecule has 1 unspecified atom stereocenters. The van der Waals surface area contributed by atoms with Gasteiger partial charge in [-0.2, -0.15) is 5.26 Å². The quantitative estimate of drug-likeness (QED) is 0.567. The molecule has 2 saturated heterocycles. The Hall–Kier alpha value is -3.29. The van der Waals surface area contributed by atoms with Gasteiger partial charge < -0.3 is 9.80 Å². The van der Waals surface area contributed by atoms with Crippen molar-refractivity contribution in [1.82, 2.24) is 24.6 Å². The van der Waals surface area contributed by atoms with Crippen LogP contribution in [0.3, 0.4) is 0 Å². The molecule has 3 aliphatic rings. The van der Waals surface area contributed by atoms with E-state index in [4.69, 9.17) is 11.6 Å². The fourth-order valence-corrected chi connectivity index (χ4v) is 5.42. The molecule has 3 aromatic rings. The zero-order chi connectivity index (χ0) is 23.6. The van der Waals surface area contributed by atoms with Gasteiger partial charge in [-0.15, -0.1) is 10.2 Å². The van der Waals surface area contributed by atoms with E-state index >= 15 is 0 Å². The minimum Gasteiger partial charge on any atom is -0.353 e. The number of pyridine rings is 1. The van der Waals surface area contributed by atoms with Crippen molar-refractivity contribution in [2.75, 3.05) is 36.0 Å². The molecule has 0 amide bonds. The number of benzene rings is 1. The maximum atomic E-state index is 14.1. The van der Waals surface area contributed by atoms with Crippen LogP contribution in [0.2, 0.25) is 5.02 Å². The van der Waals surface area contributed by atoms with Gasteiger partial charge in [-0.25, -0.2) is 13.8 Å². The van der Waals surface area contributed by atoms with Crippen molar-refractivity contribution >= 4 is 23.4 Å². The largest absolute Gasteiger partial charge is 0.353 e. The molecule has 1 spiro atoms. The summed E-state index contributed by atoms with van der Waals surface area (Å²) in [4.78, 5) is 9.99. The number of aromatic nitrogens is 4. The number of hydrogen-bond acceptors (Lipinski definition) is 7. The lowest BCUT2D eigenvalue weighted by Crippen LogP contribution is -2.73. The first-order chi connectivity index (χ1) is 16.4. The predicted octanol–water partition coefficient (Wildman–Crippen LogP) is 3.15. The first-order valence-electron chi connectivity index (χ1n) is 11.0. The smallest absolute Gasteiger partial charge is 0.231 e. The molecule has 2 fully saturated rings. The molecule has 174 valence electrons. The molecule has 6 rings (SSSR count). The van der Waals surface area contributed by atoms with E-state index in [2.05, 4.69) is 35.6 Å². The Morgan fingerprint density at radius 1 is 1.09 bits per heavy atom. The molecule has 0 saturated carbocycles. The summed E-state index contributed by atoms with van der Waals surface area (Å²) < 4.78 is 29.3. The monoisotopic (exact) mass is 482 g/mol. The minimum absolute atomic E-state index is 0.0177. The molecule has 0 aliphatic carbocycles. The number of anilines is 2. The molecule has 0 radical (unpaired) electrons. The lowest BCUT2D eigenvalue weighted by molar-refractivity contribution is 0.152. The Morgan fingerprint density at radius 3 is 2.59 bits per heavy atom. The Bertz CT molecular complexity index is 1320. The average molecular weight is 483 g/mol. The van der Waals surface area contributed by atoms with E-state index < -0.39 is 11.6 Å². The Kier molecular flexibility index (Phi) is 4.76. The van der Waals surface area contributed by atoms with Gasteiger partial charge in [-0.3, -0.25) is 9.47 Å². The lowest BCUT2D eigenvalue weighted by atomic mass is 9.73. The van der Waals surface area contributed by atoms with E-state index in [9.17, 15) is 14.0 Å². The standard InChI is InChI=1S/C23H21ClF2N8/c1-14(6-27)31-8-15-4-16(24)2-3-19(15)34-20(9-31)29-30-22(34)33-12-23(13-33)10-32(11-23)21-18(26)5-17(25)7-28-21/h2-5,7,14H,8-13H2,1H3. The Labute approximate surface area is 200 Å². The van der Waals surface area contributed by atoms with Crippen LogP contribution in [0.1, 0.15) is 18.3 Å². The molecule has 1 aromatic carbocycles. The second-order valence-electron chi connectivity index (χ2n) is 9.41. The Balaban J connectivity index is 1.25. The van der Waals surface area contributed by atoms with Crippen LogP contribution in [-0.2, 0) is 13.1 Å². The van der Waals surface area contributed by atoms with Crippen molar-refractivity contribution in [2.24, 2.45) is 5.41 Å². The highest BCUT2D eigenvalue weighted by Gasteiger charge is 2.54. The average Bonchev–Trinajstić information content (AvgIpc) is 3.07. The highest BCUT2D eigenvalue weighted by atomic mass is 35.5.